The predicted octanol–water partition coefficient (Wildman–Crippen LogP) is 3.03. The molecule has 0 saturated carbocycles. The SMILES string of the molecule is CCCNC(=O)C(C)NC(=O)Nc1cc(Cl)cc(Cl)c1. The lowest BCUT2D eigenvalue weighted by molar-refractivity contribution is -0.122. The molecule has 0 aliphatic carbocycles. The van der Waals surface area contributed by atoms with Crippen LogP contribution in [0.2, 0.25) is 10.0 Å². The largest absolute Gasteiger partial charge is 0.354 e. The molecule has 7 heteroatoms. The van der Waals surface area contributed by atoms with Gasteiger partial charge >= 0.3 is 6.03 Å². The van der Waals surface area contributed by atoms with Gasteiger partial charge in [-0.25, -0.2) is 4.79 Å². The smallest absolute Gasteiger partial charge is 0.319 e. The van der Waals surface area contributed by atoms with Crippen LogP contribution >= 0.6 is 23.2 Å². The Morgan fingerprint density at radius 2 is 1.80 bits per heavy atom. The fourth-order valence-electron chi connectivity index (χ4n) is 1.46. The van der Waals surface area contributed by atoms with Crippen molar-refractivity contribution in [2.45, 2.75) is 26.3 Å². The first-order valence-electron chi connectivity index (χ1n) is 6.23. The van der Waals surface area contributed by atoms with Crippen LogP contribution in [0.3, 0.4) is 0 Å². The first-order valence-corrected chi connectivity index (χ1v) is 6.99. The Kier molecular flexibility index (Phi) is 6.61. The maximum Gasteiger partial charge on any atom is 0.319 e. The fraction of sp³-hybridized carbons (Fsp3) is 0.385. The number of hydrogen-bond acceptors (Lipinski definition) is 2. The quantitative estimate of drug-likeness (QED) is 0.781. The zero-order chi connectivity index (χ0) is 15.1. The Labute approximate surface area is 128 Å². The third-order valence-electron chi connectivity index (χ3n) is 2.41. The van der Waals surface area contributed by atoms with Gasteiger partial charge in [0.25, 0.3) is 0 Å². The number of carbonyl (C=O) groups is 2. The summed E-state index contributed by atoms with van der Waals surface area (Å²) in [6.45, 7) is 4.14. The molecule has 0 aliphatic heterocycles. The van der Waals surface area contributed by atoms with Crippen molar-refractivity contribution in [3.05, 3.63) is 28.2 Å². The lowest BCUT2D eigenvalue weighted by atomic mass is 10.3. The zero-order valence-electron chi connectivity index (χ0n) is 11.3. The highest BCUT2D eigenvalue weighted by molar-refractivity contribution is 6.35. The van der Waals surface area contributed by atoms with E-state index < -0.39 is 12.1 Å². The lowest BCUT2D eigenvalue weighted by Gasteiger charge is -2.14. The molecule has 0 aliphatic rings. The summed E-state index contributed by atoms with van der Waals surface area (Å²) in [6.07, 6.45) is 0.839. The standard InChI is InChI=1S/C13H17Cl2N3O2/c1-3-4-16-12(19)8(2)17-13(20)18-11-6-9(14)5-10(15)7-11/h5-8H,3-4H2,1-2H3,(H,16,19)(H2,17,18,20). The van der Waals surface area contributed by atoms with Crippen molar-refractivity contribution in [3.8, 4) is 0 Å². The highest BCUT2D eigenvalue weighted by atomic mass is 35.5. The van der Waals surface area contributed by atoms with E-state index in [1.807, 2.05) is 6.92 Å². The second-order valence-corrected chi connectivity index (χ2v) is 5.14. The van der Waals surface area contributed by atoms with Crippen LogP contribution < -0.4 is 16.0 Å². The molecule has 3 amide bonds. The van der Waals surface area contributed by atoms with Crippen LogP contribution in [-0.2, 0) is 4.79 Å². The van der Waals surface area contributed by atoms with Crippen LogP contribution in [0, 0.1) is 0 Å². The topological polar surface area (TPSA) is 70.2 Å². The van der Waals surface area contributed by atoms with Gasteiger partial charge in [-0.2, -0.15) is 0 Å². The Morgan fingerprint density at radius 1 is 1.20 bits per heavy atom. The number of rotatable bonds is 5. The second kappa shape index (κ2) is 7.97. The van der Waals surface area contributed by atoms with Crippen molar-refractivity contribution < 1.29 is 9.59 Å². The van der Waals surface area contributed by atoms with Gasteiger partial charge in [-0.15, -0.1) is 0 Å². The minimum absolute atomic E-state index is 0.230. The van der Waals surface area contributed by atoms with Gasteiger partial charge in [0, 0.05) is 22.3 Å². The van der Waals surface area contributed by atoms with Crippen molar-refractivity contribution in [1.82, 2.24) is 10.6 Å². The van der Waals surface area contributed by atoms with Crippen molar-refractivity contribution >= 4 is 40.8 Å². The molecule has 0 radical (unpaired) electrons. The average molecular weight is 318 g/mol. The van der Waals surface area contributed by atoms with Gasteiger partial charge in [0.05, 0.1) is 0 Å². The van der Waals surface area contributed by atoms with Crippen LogP contribution in [0.25, 0.3) is 0 Å². The normalized spacial score (nSPS) is 11.6. The van der Waals surface area contributed by atoms with E-state index in [9.17, 15) is 9.59 Å². The van der Waals surface area contributed by atoms with Gasteiger partial charge in [0.2, 0.25) is 5.91 Å². The average Bonchev–Trinajstić information content (AvgIpc) is 2.34. The number of amides is 3. The van der Waals surface area contributed by atoms with Crippen LogP contribution in [0.1, 0.15) is 20.3 Å². The van der Waals surface area contributed by atoms with Crippen LogP contribution in [0.15, 0.2) is 18.2 Å². The van der Waals surface area contributed by atoms with E-state index in [-0.39, 0.29) is 5.91 Å². The molecular formula is C13H17Cl2N3O2. The number of hydrogen-bond donors (Lipinski definition) is 3. The molecule has 0 spiro atoms. The third-order valence-corrected chi connectivity index (χ3v) is 2.85. The first kappa shape index (κ1) is 16.6. The molecule has 1 aromatic rings. The summed E-state index contributed by atoms with van der Waals surface area (Å²) < 4.78 is 0. The van der Waals surface area contributed by atoms with E-state index >= 15 is 0 Å². The number of anilines is 1. The maximum absolute atomic E-state index is 11.7. The summed E-state index contributed by atoms with van der Waals surface area (Å²) >= 11 is 11.7. The van der Waals surface area contributed by atoms with Crippen molar-refractivity contribution in [2.24, 2.45) is 0 Å². The molecule has 5 nitrogen and oxygen atoms in total. The van der Waals surface area contributed by atoms with Crippen LogP contribution in [0.5, 0.6) is 0 Å². The molecule has 1 unspecified atom stereocenters. The molecule has 0 aromatic heterocycles. The highest BCUT2D eigenvalue weighted by Crippen LogP contribution is 2.22. The van der Waals surface area contributed by atoms with E-state index in [4.69, 9.17) is 23.2 Å². The molecule has 3 N–H and O–H groups in total. The van der Waals surface area contributed by atoms with Gasteiger partial charge in [-0.3, -0.25) is 4.79 Å². The molecule has 20 heavy (non-hydrogen) atoms. The van der Waals surface area contributed by atoms with Crippen LogP contribution in [0.4, 0.5) is 10.5 Å². The maximum atomic E-state index is 11.7. The first-order chi connectivity index (χ1) is 9.42. The Balaban J connectivity index is 2.52. The van der Waals surface area contributed by atoms with E-state index in [1.165, 1.54) is 0 Å². The molecule has 1 atom stereocenters. The molecule has 1 aromatic carbocycles. The van der Waals surface area contributed by atoms with Crippen LogP contribution in [-0.4, -0.2) is 24.5 Å². The number of urea groups is 1. The van der Waals surface area contributed by atoms with Gasteiger partial charge < -0.3 is 16.0 Å². The molecular weight excluding hydrogens is 301 g/mol. The Morgan fingerprint density at radius 3 is 2.35 bits per heavy atom. The van der Waals surface area contributed by atoms with Gasteiger partial charge in [0.15, 0.2) is 0 Å². The summed E-state index contributed by atoms with van der Waals surface area (Å²) in [6, 6.07) is 3.56. The summed E-state index contributed by atoms with van der Waals surface area (Å²) in [5.74, 6) is -0.230. The zero-order valence-corrected chi connectivity index (χ0v) is 12.8. The van der Waals surface area contributed by atoms with E-state index in [0.29, 0.717) is 22.3 Å². The monoisotopic (exact) mass is 317 g/mol. The predicted molar refractivity (Wildman–Crippen MR) is 81.4 cm³/mol. The summed E-state index contributed by atoms with van der Waals surface area (Å²) in [5, 5.41) is 8.63. The highest BCUT2D eigenvalue weighted by Gasteiger charge is 2.14. The summed E-state index contributed by atoms with van der Waals surface area (Å²) in [5.41, 5.74) is 0.459. The lowest BCUT2D eigenvalue weighted by Crippen LogP contribution is -2.46. The van der Waals surface area contributed by atoms with E-state index in [1.54, 1.807) is 25.1 Å². The minimum atomic E-state index is -0.629. The number of nitrogens with one attached hydrogen (secondary N) is 3. The fourth-order valence-corrected chi connectivity index (χ4v) is 1.98. The van der Waals surface area contributed by atoms with Crippen molar-refractivity contribution in [2.75, 3.05) is 11.9 Å². The van der Waals surface area contributed by atoms with E-state index in [2.05, 4.69) is 16.0 Å². The molecule has 0 saturated heterocycles. The molecule has 0 bridgehead atoms. The number of carbonyl (C=O) groups excluding carboxylic acids is 2. The molecule has 1 rings (SSSR count). The number of halogens is 2. The molecule has 0 fully saturated rings. The summed E-state index contributed by atoms with van der Waals surface area (Å²) in [4.78, 5) is 23.3. The Hall–Kier alpha value is -1.46. The number of benzene rings is 1. The van der Waals surface area contributed by atoms with E-state index in [0.717, 1.165) is 6.42 Å². The molecule has 110 valence electrons. The molecule has 0 heterocycles. The van der Waals surface area contributed by atoms with Gasteiger partial charge in [0.1, 0.15) is 6.04 Å². The minimum Gasteiger partial charge on any atom is -0.354 e. The van der Waals surface area contributed by atoms with Crippen molar-refractivity contribution in [1.29, 1.82) is 0 Å². The second-order valence-electron chi connectivity index (χ2n) is 4.27. The third kappa shape index (κ3) is 5.67. The summed E-state index contributed by atoms with van der Waals surface area (Å²) in [7, 11) is 0. The Bertz CT molecular complexity index is 474. The van der Waals surface area contributed by atoms with Gasteiger partial charge in [-0.1, -0.05) is 30.1 Å². The van der Waals surface area contributed by atoms with Crippen molar-refractivity contribution in [3.63, 3.8) is 0 Å². The van der Waals surface area contributed by atoms with Gasteiger partial charge in [-0.05, 0) is 31.5 Å².